The number of esters is 1. The zero-order chi connectivity index (χ0) is 14.3. The summed E-state index contributed by atoms with van der Waals surface area (Å²) in [5, 5.41) is 0. The SMILES string of the molecule is CCCCCC(CC)(OC(C)=O)c1ccc(F)cc1. The Kier molecular flexibility index (Phi) is 6.00. The van der Waals surface area contributed by atoms with E-state index < -0.39 is 5.60 Å². The van der Waals surface area contributed by atoms with E-state index in [-0.39, 0.29) is 11.8 Å². The zero-order valence-corrected chi connectivity index (χ0v) is 12.0. The summed E-state index contributed by atoms with van der Waals surface area (Å²) in [5.41, 5.74) is 0.261. The summed E-state index contributed by atoms with van der Waals surface area (Å²) in [5.74, 6) is -0.562. The van der Waals surface area contributed by atoms with Crippen LogP contribution >= 0.6 is 0 Å². The van der Waals surface area contributed by atoms with Crippen molar-refractivity contribution in [3.05, 3.63) is 35.6 Å². The first-order valence-corrected chi connectivity index (χ1v) is 6.99. The molecule has 0 heterocycles. The average molecular weight is 266 g/mol. The van der Waals surface area contributed by atoms with Crippen molar-refractivity contribution in [1.29, 1.82) is 0 Å². The highest BCUT2D eigenvalue weighted by molar-refractivity contribution is 5.66. The van der Waals surface area contributed by atoms with E-state index in [0.717, 1.165) is 31.2 Å². The van der Waals surface area contributed by atoms with E-state index in [1.165, 1.54) is 19.1 Å². The molecule has 0 saturated heterocycles. The number of carbonyl (C=O) groups excluding carboxylic acids is 1. The van der Waals surface area contributed by atoms with Gasteiger partial charge in [-0.1, -0.05) is 38.8 Å². The number of carbonyl (C=O) groups is 1. The van der Waals surface area contributed by atoms with Gasteiger partial charge >= 0.3 is 5.97 Å². The molecular weight excluding hydrogens is 243 g/mol. The van der Waals surface area contributed by atoms with Crippen LogP contribution in [-0.4, -0.2) is 5.97 Å². The molecular formula is C16H23FO2. The van der Waals surface area contributed by atoms with Gasteiger partial charge in [0.05, 0.1) is 0 Å². The minimum atomic E-state index is -0.616. The Morgan fingerprint density at radius 1 is 1.21 bits per heavy atom. The first-order valence-electron chi connectivity index (χ1n) is 6.99. The molecule has 0 aromatic heterocycles. The second kappa shape index (κ2) is 7.27. The zero-order valence-electron chi connectivity index (χ0n) is 12.0. The Balaban J connectivity index is 3.00. The number of ether oxygens (including phenoxy) is 1. The molecule has 1 rings (SSSR count). The lowest BCUT2D eigenvalue weighted by molar-refractivity contribution is -0.160. The fourth-order valence-corrected chi connectivity index (χ4v) is 2.40. The lowest BCUT2D eigenvalue weighted by Crippen LogP contribution is -2.31. The van der Waals surface area contributed by atoms with Crippen LogP contribution in [0.15, 0.2) is 24.3 Å². The quantitative estimate of drug-likeness (QED) is 0.533. The van der Waals surface area contributed by atoms with E-state index >= 15 is 0 Å². The maximum Gasteiger partial charge on any atom is 0.303 e. The highest BCUT2D eigenvalue weighted by Gasteiger charge is 2.33. The minimum absolute atomic E-state index is 0.273. The van der Waals surface area contributed by atoms with Gasteiger partial charge in [-0.3, -0.25) is 4.79 Å². The van der Waals surface area contributed by atoms with Gasteiger partial charge in [0.2, 0.25) is 0 Å². The topological polar surface area (TPSA) is 26.3 Å². The van der Waals surface area contributed by atoms with Gasteiger partial charge in [-0.05, 0) is 37.0 Å². The highest BCUT2D eigenvalue weighted by atomic mass is 19.1. The monoisotopic (exact) mass is 266 g/mol. The molecule has 0 bridgehead atoms. The van der Waals surface area contributed by atoms with Gasteiger partial charge in [-0.25, -0.2) is 4.39 Å². The molecule has 1 atom stereocenters. The lowest BCUT2D eigenvalue weighted by atomic mass is 9.85. The fourth-order valence-electron chi connectivity index (χ4n) is 2.40. The minimum Gasteiger partial charge on any atom is -0.454 e. The molecule has 1 unspecified atom stereocenters. The molecule has 1 aromatic rings. The van der Waals surface area contributed by atoms with Crippen LogP contribution in [0, 0.1) is 5.82 Å². The smallest absolute Gasteiger partial charge is 0.303 e. The van der Waals surface area contributed by atoms with E-state index in [1.807, 2.05) is 6.92 Å². The summed E-state index contributed by atoms with van der Waals surface area (Å²) in [6.07, 6.45) is 4.69. The van der Waals surface area contributed by atoms with E-state index in [4.69, 9.17) is 4.74 Å². The number of halogens is 1. The largest absolute Gasteiger partial charge is 0.454 e. The summed E-state index contributed by atoms with van der Waals surface area (Å²) in [6, 6.07) is 6.27. The van der Waals surface area contributed by atoms with Crippen molar-refractivity contribution < 1.29 is 13.9 Å². The first kappa shape index (κ1) is 15.7. The molecule has 0 aliphatic rings. The van der Waals surface area contributed by atoms with Crippen molar-refractivity contribution in [2.75, 3.05) is 0 Å². The van der Waals surface area contributed by atoms with Gasteiger partial charge < -0.3 is 4.74 Å². The Morgan fingerprint density at radius 3 is 2.32 bits per heavy atom. The van der Waals surface area contributed by atoms with Gasteiger partial charge in [0, 0.05) is 6.92 Å². The van der Waals surface area contributed by atoms with E-state index in [0.29, 0.717) is 6.42 Å². The van der Waals surface area contributed by atoms with Crippen molar-refractivity contribution in [3.63, 3.8) is 0 Å². The maximum absolute atomic E-state index is 13.0. The third-order valence-corrected chi connectivity index (χ3v) is 3.46. The third-order valence-electron chi connectivity index (χ3n) is 3.46. The summed E-state index contributed by atoms with van der Waals surface area (Å²) in [7, 11) is 0. The van der Waals surface area contributed by atoms with E-state index in [2.05, 4.69) is 6.92 Å². The first-order chi connectivity index (χ1) is 9.04. The predicted octanol–water partition coefficient (Wildman–Crippen LogP) is 4.57. The number of hydrogen-bond acceptors (Lipinski definition) is 2. The second-order valence-corrected chi connectivity index (χ2v) is 4.91. The molecule has 3 heteroatoms. The van der Waals surface area contributed by atoms with Crippen LogP contribution in [-0.2, 0) is 15.1 Å². The van der Waals surface area contributed by atoms with Crippen molar-refractivity contribution in [2.24, 2.45) is 0 Å². The predicted molar refractivity (Wildman–Crippen MR) is 74.3 cm³/mol. The summed E-state index contributed by atoms with van der Waals surface area (Å²) >= 11 is 0. The third kappa shape index (κ3) is 4.34. The van der Waals surface area contributed by atoms with Crippen LogP contribution in [0.3, 0.4) is 0 Å². The summed E-state index contributed by atoms with van der Waals surface area (Å²) in [4.78, 5) is 11.4. The molecule has 0 saturated carbocycles. The van der Waals surface area contributed by atoms with Crippen LogP contribution in [0.25, 0.3) is 0 Å². The van der Waals surface area contributed by atoms with Gasteiger partial charge in [-0.2, -0.15) is 0 Å². The molecule has 0 fully saturated rings. The Labute approximate surface area is 115 Å². The van der Waals surface area contributed by atoms with Crippen molar-refractivity contribution in [1.82, 2.24) is 0 Å². The number of rotatable bonds is 7. The molecule has 0 N–H and O–H groups in total. The van der Waals surface area contributed by atoms with Crippen LogP contribution < -0.4 is 0 Å². The number of unbranched alkanes of at least 4 members (excludes halogenated alkanes) is 2. The van der Waals surface area contributed by atoms with Gasteiger partial charge in [-0.15, -0.1) is 0 Å². The second-order valence-electron chi connectivity index (χ2n) is 4.91. The van der Waals surface area contributed by atoms with Gasteiger partial charge in [0.15, 0.2) is 0 Å². The molecule has 1 aromatic carbocycles. The Hall–Kier alpha value is -1.38. The van der Waals surface area contributed by atoms with Crippen LogP contribution in [0.4, 0.5) is 4.39 Å². The number of hydrogen-bond donors (Lipinski definition) is 0. The number of benzene rings is 1. The summed E-state index contributed by atoms with van der Waals surface area (Å²) < 4.78 is 18.6. The van der Waals surface area contributed by atoms with E-state index in [1.54, 1.807) is 12.1 Å². The lowest BCUT2D eigenvalue weighted by Gasteiger charge is -2.33. The molecule has 0 aliphatic carbocycles. The maximum atomic E-state index is 13.0. The van der Waals surface area contributed by atoms with Crippen molar-refractivity contribution in [2.45, 2.75) is 58.5 Å². The molecule has 0 amide bonds. The molecule has 0 radical (unpaired) electrons. The van der Waals surface area contributed by atoms with Crippen LogP contribution in [0.5, 0.6) is 0 Å². The van der Waals surface area contributed by atoms with Crippen LogP contribution in [0.1, 0.15) is 58.4 Å². The van der Waals surface area contributed by atoms with Gasteiger partial charge in [0.1, 0.15) is 11.4 Å². The van der Waals surface area contributed by atoms with Crippen molar-refractivity contribution in [3.8, 4) is 0 Å². The summed E-state index contributed by atoms with van der Waals surface area (Å²) in [6.45, 7) is 5.56. The molecule has 0 aliphatic heterocycles. The molecule has 0 spiro atoms. The average Bonchev–Trinajstić information content (AvgIpc) is 2.38. The highest BCUT2D eigenvalue weighted by Crippen LogP contribution is 2.35. The van der Waals surface area contributed by atoms with Crippen LogP contribution in [0.2, 0.25) is 0 Å². The Morgan fingerprint density at radius 2 is 1.84 bits per heavy atom. The Bertz CT molecular complexity index is 400. The molecule has 2 nitrogen and oxygen atoms in total. The fraction of sp³-hybridized carbons (Fsp3) is 0.562. The molecule has 19 heavy (non-hydrogen) atoms. The molecule has 106 valence electrons. The standard InChI is InChI=1S/C16H23FO2/c1-4-6-7-12-16(5-2,19-13(3)18)14-8-10-15(17)11-9-14/h8-11H,4-7,12H2,1-3H3. The van der Waals surface area contributed by atoms with Crippen molar-refractivity contribution >= 4 is 5.97 Å². The normalized spacial score (nSPS) is 13.9. The van der Waals surface area contributed by atoms with Gasteiger partial charge in [0.25, 0.3) is 0 Å². The van der Waals surface area contributed by atoms with E-state index in [9.17, 15) is 9.18 Å².